The molecule has 2 heterocycles. The van der Waals surface area contributed by atoms with Crippen LogP contribution in [0.3, 0.4) is 0 Å². The monoisotopic (exact) mass is 284 g/mol. The Hall–Kier alpha value is -2.13. The maximum absolute atomic E-state index is 12.0. The van der Waals surface area contributed by atoms with Gasteiger partial charge in [0.15, 0.2) is 5.78 Å². The minimum atomic E-state index is -0.0132. The molecule has 0 unspecified atom stereocenters. The number of halogens is 1. The zero-order chi connectivity index (χ0) is 14.3. The molecular formula is C16H13ClN2O. The van der Waals surface area contributed by atoms with E-state index in [1.54, 1.807) is 19.2 Å². The molecule has 3 rings (SSSR count). The fraction of sp³-hybridized carbons (Fsp3) is 0.125. The van der Waals surface area contributed by atoms with Crippen LogP contribution in [0, 0.1) is 6.92 Å². The number of benzene rings is 1. The van der Waals surface area contributed by atoms with Gasteiger partial charge in [0.1, 0.15) is 5.82 Å². The van der Waals surface area contributed by atoms with Crippen molar-refractivity contribution in [3.05, 3.63) is 59.0 Å². The fourth-order valence-corrected chi connectivity index (χ4v) is 2.68. The SMILES string of the molecule is CC(=O)c1cc(Cl)c2cnc(C)n2c1-c1ccccc1. The fourth-order valence-electron chi connectivity index (χ4n) is 2.43. The molecule has 0 N–H and O–H groups in total. The van der Waals surface area contributed by atoms with Crippen LogP contribution in [0.2, 0.25) is 5.02 Å². The van der Waals surface area contributed by atoms with Crippen molar-refractivity contribution in [3.63, 3.8) is 0 Å². The molecule has 0 atom stereocenters. The van der Waals surface area contributed by atoms with Gasteiger partial charge in [-0.1, -0.05) is 41.9 Å². The number of carbonyl (C=O) groups is 1. The highest BCUT2D eigenvalue weighted by Gasteiger charge is 2.17. The minimum absolute atomic E-state index is 0.0132. The molecule has 100 valence electrons. The maximum Gasteiger partial charge on any atom is 0.161 e. The minimum Gasteiger partial charge on any atom is -0.294 e. The summed E-state index contributed by atoms with van der Waals surface area (Å²) in [4.78, 5) is 16.3. The number of aromatic nitrogens is 2. The molecule has 3 nitrogen and oxygen atoms in total. The molecule has 0 saturated heterocycles. The lowest BCUT2D eigenvalue weighted by Gasteiger charge is -2.13. The zero-order valence-electron chi connectivity index (χ0n) is 11.2. The summed E-state index contributed by atoms with van der Waals surface area (Å²) in [5.41, 5.74) is 3.23. The van der Waals surface area contributed by atoms with Gasteiger partial charge in [-0.2, -0.15) is 0 Å². The van der Waals surface area contributed by atoms with Crippen molar-refractivity contribution >= 4 is 22.9 Å². The molecule has 0 aliphatic heterocycles. The first kappa shape index (κ1) is 12.9. The predicted octanol–water partition coefficient (Wildman–Crippen LogP) is 4.17. The van der Waals surface area contributed by atoms with E-state index < -0.39 is 0 Å². The lowest BCUT2D eigenvalue weighted by molar-refractivity contribution is 0.101. The van der Waals surface area contributed by atoms with E-state index >= 15 is 0 Å². The van der Waals surface area contributed by atoms with Crippen molar-refractivity contribution in [2.45, 2.75) is 13.8 Å². The summed E-state index contributed by atoms with van der Waals surface area (Å²) < 4.78 is 1.94. The van der Waals surface area contributed by atoms with Gasteiger partial charge in [-0.15, -0.1) is 0 Å². The van der Waals surface area contributed by atoms with Crippen molar-refractivity contribution in [1.82, 2.24) is 9.38 Å². The first-order valence-electron chi connectivity index (χ1n) is 6.32. The van der Waals surface area contributed by atoms with Gasteiger partial charge in [-0.05, 0) is 25.5 Å². The van der Waals surface area contributed by atoms with Gasteiger partial charge in [0.05, 0.1) is 22.4 Å². The van der Waals surface area contributed by atoms with Crippen LogP contribution in [0.5, 0.6) is 0 Å². The van der Waals surface area contributed by atoms with Crippen molar-refractivity contribution in [2.24, 2.45) is 0 Å². The van der Waals surface area contributed by atoms with Gasteiger partial charge in [0.2, 0.25) is 0 Å². The van der Waals surface area contributed by atoms with Crippen molar-refractivity contribution < 1.29 is 4.79 Å². The molecule has 3 aromatic rings. The Kier molecular flexibility index (Phi) is 3.07. The number of ketones is 1. The Morgan fingerprint density at radius 3 is 2.60 bits per heavy atom. The van der Waals surface area contributed by atoms with Gasteiger partial charge in [0.25, 0.3) is 0 Å². The van der Waals surface area contributed by atoms with Gasteiger partial charge in [-0.3, -0.25) is 9.20 Å². The smallest absolute Gasteiger partial charge is 0.161 e. The second-order valence-electron chi connectivity index (χ2n) is 4.70. The molecule has 0 saturated carbocycles. The molecule has 20 heavy (non-hydrogen) atoms. The third kappa shape index (κ3) is 1.91. The molecule has 0 fully saturated rings. The Labute approximate surface area is 121 Å². The Bertz CT molecular complexity index is 806. The van der Waals surface area contributed by atoms with E-state index in [4.69, 9.17) is 11.6 Å². The molecule has 2 aromatic heterocycles. The van der Waals surface area contributed by atoms with E-state index in [0.717, 1.165) is 22.6 Å². The molecule has 0 amide bonds. The lowest BCUT2D eigenvalue weighted by Crippen LogP contribution is -2.04. The van der Waals surface area contributed by atoms with Crippen LogP contribution in [-0.4, -0.2) is 15.2 Å². The van der Waals surface area contributed by atoms with E-state index in [-0.39, 0.29) is 5.78 Å². The average Bonchev–Trinajstić information content (AvgIpc) is 2.82. The summed E-state index contributed by atoms with van der Waals surface area (Å²) in [5.74, 6) is 0.796. The largest absolute Gasteiger partial charge is 0.294 e. The third-order valence-corrected chi connectivity index (χ3v) is 3.66. The summed E-state index contributed by atoms with van der Waals surface area (Å²) >= 11 is 6.27. The molecular weight excluding hydrogens is 272 g/mol. The standard InChI is InChI=1S/C16H13ClN2O/c1-10(20)13-8-14(17)15-9-18-11(2)19(15)16(13)12-6-4-3-5-7-12/h3-9H,1-2H3. The topological polar surface area (TPSA) is 34.4 Å². The summed E-state index contributed by atoms with van der Waals surface area (Å²) in [7, 11) is 0. The lowest BCUT2D eigenvalue weighted by atomic mass is 10.0. The van der Waals surface area contributed by atoms with Gasteiger partial charge < -0.3 is 0 Å². The Morgan fingerprint density at radius 1 is 1.25 bits per heavy atom. The second kappa shape index (κ2) is 4.76. The number of aryl methyl sites for hydroxylation is 1. The molecule has 0 aliphatic carbocycles. The quantitative estimate of drug-likeness (QED) is 0.662. The zero-order valence-corrected chi connectivity index (χ0v) is 12.0. The van der Waals surface area contributed by atoms with Crippen molar-refractivity contribution in [3.8, 4) is 11.3 Å². The molecule has 0 radical (unpaired) electrons. The van der Waals surface area contributed by atoms with E-state index in [0.29, 0.717) is 10.6 Å². The van der Waals surface area contributed by atoms with Crippen LogP contribution in [0.25, 0.3) is 16.8 Å². The van der Waals surface area contributed by atoms with Crippen LogP contribution >= 0.6 is 11.6 Å². The highest BCUT2D eigenvalue weighted by Crippen LogP contribution is 2.31. The molecule has 0 spiro atoms. The first-order valence-corrected chi connectivity index (χ1v) is 6.70. The second-order valence-corrected chi connectivity index (χ2v) is 5.11. The van der Waals surface area contributed by atoms with Crippen LogP contribution in [0.15, 0.2) is 42.6 Å². The molecule has 0 aliphatic rings. The Morgan fingerprint density at radius 2 is 1.95 bits per heavy atom. The first-order chi connectivity index (χ1) is 9.59. The van der Waals surface area contributed by atoms with Crippen LogP contribution in [0.4, 0.5) is 0 Å². The van der Waals surface area contributed by atoms with Crippen LogP contribution in [0.1, 0.15) is 23.1 Å². The number of imidazole rings is 1. The summed E-state index contributed by atoms with van der Waals surface area (Å²) in [6.07, 6.45) is 1.73. The predicted molar refractivity (Wildman–Crippen MR) is 80.4 cm³/mol. The number of fused-ring (bicyclic) bond motifs is 1. The number of pyridine rings is 1. The van der Waals surface area contributed by atoms with Crippen LogP contribution < -0.4 is 0 Å². The highest BCUT2D eigenvalue weighted by atomic mass is 35.5. The van der Waals surface area contributed by atoms with Gasteiger partial charge in [-0.25, -0.2) is 4.98 Å². The van der Waals surface area contributed by atoms with Crippen molar-refractivity contribution in [2.75, 3.05) is 0 Å². The van der Waals surface area contributed by atoms with E-state index in [2.05, 4.69) is 4.98 Å². The number of nitrogens with zero attached hydrogens (tertiary/aromatic N) is 2. The maximum atomic E-state index is 12.0. The van der Waals surface area contributed by atoms with E-state index in [1.807, 2.05) is 41.7 Å². The number of hydrogen-bond donors (Lipinski definition) is 0. The van der Waals surface area contributed by atoms with E-state index in [1.165, 1.54) is 0 Å². The van der Waals surface area contributed by atoms with Crippen LogP contribution in [-0.2, 0) is 0 Å². The average molecular weight is 285 g/mol. The number of rotatable bonds is 2. The summed E-state index contributed by atoms with van der Waals surface area (Å²) in [6.45, 7) is 3.45. The molecule has 4 heteroatoms. The Balaban J connectivity index is 2.49. The number of carbonyl (C=O) groups excluding carboxylic acids is 1. The third-order valence-electron chi connectivity index (χ3n) is 3.36. The van der Waals surface area contributed by atoms with Crippen molar-refractivity contribution in [1.29, 1.82) is 0 Å². The van der Waals surface area contributed by atoms with Gasteiger partial charge in [0, 0.05) is 5.56 Å². The highest BCUT2D eigenvalue weighted by molar-refractivity contribution is 6.34. The normalized spacial score (nSPS) is 10.9. The summed E-state index contributed by atoms with van der Waals surface area (Å²) in [5, 5.41) is 0.537. The van der Waals surface area contributed by atoms with E-state index in [9.17, 15) is 4.79 Å². The summed E-state index contributed by atoms with van der Waals surface area (Å²) in [6, 6.07) is 11.5. The molecule has 0 bridgehead atoms. The molecule has 1 aromatic carbocycles. The van der Waals surface area contributed by atoms with Gasteiger partial charge >= 0.3 is 0 Å². The number of hydrogen-bond acceptors (Lipinski definition) is 2. The number of Topliss-reactive ketones (excluding diaryl/α,β-unsaturated/α-hetero) is 1.